The van der Waals surface area contributed by atoms with Crippen LogP contribution in [-0.2, 0) is 0 Å². The number of carboxylic acid groups (broad SMARTS) is 1. The Morgan fingerprint density at radius 3 is 2.39 bits per heavy atom. The third kappa shape index (κ3) is 4.03. The Morgan fingerprint density at radius 2 is 1.78 bits per heavy atom. The minimum atomic E-state index is -0.961. The maximum Gasteiger partial charge on any atom is 0.335 e. The first kappa shape index (κ1) is 16.9. The molecule has 0 saturated heterocycles. The van der Waals surface area contributed by atoms with Crippen molar-refractivity contribution in [3.05, 3.63) is 47.5 Å². The molecular weight excluding hydrogens is 292 g/mol. The highest BCUT2D eigenvalue weighted by molar-refractivity contribution is 5.90. The summed E-state index contributed by atoms with van der Waals surface area (Å²) in [5.41, 5.74) is 3.17. The number of rotatable bonds is 7. The highest BCUT2D eigenvalue weighted by Gasteiger charge is 2.13. The molecule has 2 aromatic carbocycles. The minimum Gasteiger partial charge on any atom is -0.494 e. The van der Waals surface area contributed by atoms with Gasteiger partial charge in [0.2, 0.25) is 0 Å². The number of benzene rings is 2. The molecule has 0 amide bonds. The van der Waals surface area contributed by atoms with Gasteiger partial charge in [0.25, 0.3) is 0 Å². The smallest absolute Gasteiger partial charge is 0.335 e. The fourth-order valence-electron chi connectivity index (χ4n) is 2.40. The second kappa shape index (κ2) is 7.68. The molecule has 0 aliphatic carbocycles. The van der Waals surface area contributed by atoms with Gasteiger partial charge in [-0.05, 0) is 61.7 Å². The van der Waals surface area contributed by atoms with Gasteiger partial charge in [0.1, 0.15) is 11.5 Å². The van der Waals surface area contributed by atoms with Gasteiger partial charge < -0.3 is 14.6 Å². The lowest BCUT2D eigenvalue weighted by Gasteiger charge is -2.14. The fraction of sp³-hybridized carbons (Fsp3) is 0.316. The van der Waals surface area contributed by atoms with Crippen molar-refractivity contribution in [1.82, 2.24) is 0 Å². The zero-order valence-electron chi connectivity index (χ0n) is 13.8. The van der Waals surface area contributed by atoms with Crippen LogP contribution in [0.5, 0.6) is 11.5 Å². The van der Waals surface area contributed by atoms with Crippen LogP contribution in [0.4, 0.5) is 0 Å². The van der Waals surface area contributed by atoms with Crippen LogP contribution in [-0.4, -0.2) is 24.3 Å². The predicted octanol–water partition coefficient (Wildman–Crippen LogP) is 4.55. The van der Waals surface area contributed by atoms with Crippen molar-refractivity contribution in [3.8, 4) is 22.6 Å². The molecule has 0 aliphatic rings. The van der Waals surface area contributed by atoms with Crippen LogP contribution in [0.15, 0.2) is 36.4 Å². The lowest BCUT2D eigenvalue weighted by atomic mass is 9.98. The Kier molecular flexibility index (Phi) is 5.63. The molecule has 4 nitrogen and oxygen atoms in total. The molecule has 2 rings (SSSR count). The SMILES string of the molecule is CCCOc1ccc(-c2ccc(C(=O)O)cc2OCC)c(C)c1. The van der Waals surface area contributed by atoms with E-state index in [-0.39, 0.29) is 5.56 Å². The zero-order valence-corrected chi connectivity index (χ0v) is 13.8. The Morgan fingerprint density at radius 1 is 1.04 bits per heavy atom. The van der Waals surface area contributed by atoms with E-state index < -0.39 is 5.97 Å². The quantitative estimate of drug-likeness (QED) is 0.814. The van der Waals surface area contributed by atoms with E-state index in [0.29, 0.717) is 19.0 Å². The molecule has 0 aliphatic heterocycles. The second-order valence-electron chi connectivity index (χ2n) is 5.27. The molecule has 0 saturated carbocycles. The molecule has 0 heterocycles. The largest absolute Gasteiger partial charge is 0.494 e. The normalized spacial score (nSPS) is 10.4. The van der Waals surface area contributed by atoms with Gasteiger partial charge in [0.15, 0.2) is 0 Å². The molecule has 0 radical (unpaired) electrons. The standard InChI is InChI=1S/C19H22O4/c1-4-10-23-15-7-9-16(13(3)11-15)17-8-6-14(19(20)21)12-18(17)22-5-2/h6-9,11-12H,4-5,10H2,1-3H3,(H,20,21). The topological polar surface area (TPSA) is 55.8 Å². The van der Waals surface area contributed by atoms with E-state index in [2.05, 4.69) is 6.92 Å². The van der Waals surface area contributed by atoms with Crippen LogP contribution in [0.25, 0.3) is 11.1 Å². The molecule has 4 heteroatoms. The number of ether oxygens (including phenoxy) is 2. The number of hydrogen-bond acceptors (Lipinski definition) is 3. The molecule has 0 aromatic heterocycles. The van der Waals surface area contributed by atoms with Crippen molar-refractivity contribution >= 4 is 5.97 Å². The van der Waals surface area contributed by atoms with Crippen LogP contribution in [0.1, 0.15) is 36.2 Å². The maximum absolute atomic E-state index is 11.1. The van der Waals surface area contributed by atoms with Gasteiger partial charge in [-0.15, -0.1) is 0 Å². The van der Waals surface area contributed by atoms with Gasteiger partial charge in [-0.1, -0.05) is 13.0 Å². The average molecular weight is 314 g/mol. The number of hydrogen-bond donors (Lipinski definition) is 1. The lowest BCUT2D eigenvalue weighted by Crippen LogP contribution is -2.01. The summed E-state index contributed by atoms with van der Waals surface area (Å²) in [6, 6.07) is 10.9. The first-order valence-corrected chi connectivity index (χ1v) is 7.80. The van der Waals surface area contributed by atoms with E-state index in [4.69, 9.17) is 14.6 Å². The van der Waals surface area contributed by atoms with Gasteiger partial charge >= 0.3 is 5.97 Å². The molecule has 23 heavy (non-hydrogen) atoms. The molecule has 122 valence electrons. The van der Waals surface area contributed by atoms with Gasteiger partial charge in [-0.3, -0.25) is 0 Å². The van der Waals surface area contributed by atoms with E-state index in [1.54, 1.807) is 18.2 Å². The van der Waals surface area contributed by atoms with Crippen molar-refractivity contribution in [3.63, 3.8) is 0 Å². The van der Waals surface area contributed by atoms with Gasteiger partial charge in [-0.25, -0.2) is 4.79 Å². The van der Waals surface area contributed by atoms with Crippen molar-refractivity contribution in [2.24, 2.45) is 0 Å². The lowest BCUT2D eigenvalue weighted by molar-refractivity contribution is 0.0696. The number of carboxylic acids is 1. The fourth-order valence-corrected chi connectivity index (χ4v) is 2.40. The Hall–Kier alpha value is -2.49. The first-order valence-electron chi connectivity index (χ1n) is 7.80. The summed E-state index contributed by atoms with van der Waals surface area (Å²) in [7, 11) is 0. The van der Waals surface area contributed by atoms with Crippen molar-refractivity contribution < 1.29 is 19.4 Å². The molecular formula is C19H22O4. The summed E-state index contributed by atoms with van der Waals surface area (Å²) in [6.45, 7) is 7.13. The summed E-state index contributed by atoms with van der Waals surface area (Å²) in [5.74, 6) is 0.462. The number of carbonyl (C=O) groups is 1. The van der Waals surface area contributed by atoms with E-state index >= 15 is 0 Å². The van der Waals surface area contributed by atoms with Crippen LogP contribution in [0.2, 0.25) is 0 Å². The minimum absolute atomic E-state index is 0.220. The molecule has 0 spiro atoms. The molecule has 1 N–H and O–H groups in total. The van der Waals surface area contributed by atoms with Crippen LogP contribution < -0.4 is 9.47 Å². The predicted molar refractivity (Wildman–Crippen MR) is 90.5 cm³/mol. The van der Waals surface area contributed by atoms with E-state index in [0.717, 1.165) is 28.9 Å². The Balaban J connectivity index is 2.42. The summed E-state index contributed by atoms with van der Waals surface area (Å²) >= 11 is 0. The van der Waals surface area contributed by atoms with Gasteiger partial charge in [0.05, 0.1) is 18.8 Å². The number of aromatic carboxylic acids is 1. The van der Waals surface area contributed by atoms with E-state index in [1.165, 1.54) is 0 Å². The first-order chi connectivity index (χ1) is 11.1. The molecule has 0 atom stereocenters. The molecule has 2 aromatic rings. The Bertz CT molecular complexity index is 692. The van der Waals surface area contributed by atoms with Crippen LogP contribution in [0, 0.1) is 6.92 Å². The molecule has 0 unspecified atom stereocenters. The summed E-state index contributed by atoms with van der Waals surface area (Å²) < 4.78 is 11.3. The van der Waals surface area contributed by atoms with Crippen LogP contribution in [0.3, 0.4) is 0 Å². The third-order valence-corrected chi connectivity index (χ3v) is 3.49. The van der Waals surface area contributed by atoms with E-state index in [9.17, 15) is 4.79 Å². The van der Waals surface area contributed by atoms with Gasteiger partial charge in [0, 0.05) is 5.56 Å². The van der Waals surface area contributed by atoms with Crippen LogP contribution >= 0.6 is 0 Å². The summed E-state index contributed by atoms with van der Waals surface area (Å²) in [4.78, 5) is 11.1. The van der Waals surface area contributed by atoms with E-state index in [1.807, 2.05) is 32.0 Å². The molecule has 0 bridgehead atoms. The third-order valence-electron chi connectivity index (χ3n) is 3.49. The van der Waals surface area contributed by atoms with Gasteiger partial charge in [-0.2, -0.15) is 0 Å². The highest BCUT2D eigenvalue weighted by Crippen LogP contribution is 2.34. The molecule has 0 fully saturated rings. The van der Waals surface area contributed by atoms with Crippen molar-refractivity contribution in [2.75, 3.05) is 13.2 Å². The highest BCUT2D eigenvalue weighted by atomic mass is 16.5. The average Bonchev–Trinajstić information content (AvgIpc) is 2.53. The maximum atomic E-state index is 11.1. The monoisotopic (exact) mass is 314 g/mol. The number of aryl methyl sites for hydroxylation is 1. The zero-order chi connectivity index (χ0) is 16.8. The van der Waals surface area contributed by atoms with Crippen molar-refractivity contribution in [1.29, 1.82) is 0 Å². The summed E-state index contributed by atoms with van der Waals surface area (Å²) in [6.07, 6.45) is 0.964. The van der Waals surface area contributed by atoms with Crippen molar-refractivity contribution in [2.45, 2.75) is 27.2 Å². The summed E-state index contributed by atoms with van der Waals surface area (Å²) in [5, 5.41) is 9.14. The second-order valence-corrected chi connectivity index (χ2v) is 5.27. The Labute approximate surface area is 136 Å².